The number of ether oxygens (including phenoxy) is 1. The minimum Gasteiger partial charge on any atom is -0.427 e. The number of carbonyl (C=O) groups excluding carboxylic acids is 1. The summed E-state index contributed by atoms with van der Waals surface area (Å²) in [4.78, 5) is 39.1. The number of aromatic nitrogens is 4. The lowest BCUT2D eigenvalue weighted by Gasteiger charge is -2.30. The van der Waals surface area contributed by atoms with Gasteiger partial charge in [0.15, 0.2) is 0 Å². The van der Waals surface area contributed by atoms with Crippen molar-refractivity contribution in [3.63, 3.8) is 0 Å². The van der Waals surface area contributed by atoms with Crippen molar-refractivity contribution in [3.05, 3.63) is 82.1 Å². The average Bonchev–Trinajstić information content (AvgIpc) is 3.31. The lowest BCUT2D eigenvalue weighted by atomic mass is 10.0. The first-order valence-corrected chi connectivity index (χ1v) is 11.6. The molecule has 0 aliphatic carbocycles. The Hall–Kier alpha value is -4.58. The van der Waals surface area contributed by atoms with Gasteiger partial charge in [-0.15, -0.1) is 0 Å². The first-order valence-electron chi connectivity index (χ1n) is 11.6. The Kier molecular flexibility index (Phi) is 6.64. The third-order valence-electron chi connectivity index (χ3n) is 6.11. The monoisotopic (exact) mass is 505 g/mol. The summed E-state index contributed by atoms with van der Waals surface area (Å²) in [6, 6.07) is 7.63. The number of oxazole rings is 1. The van der Waals surface area contributed by atoms with Crippen molar-refractivity contribution >= 4 is 23.4 Å². The highest BCUT2D eigenvalue weighted by molar-refractivity contribution is 6.01. The number of anilines is 3. The number of nitrogens with one attached hydrogen (secondary N) is 1. The van der Waals surface area contributed by atoms with Gasteiger partial charge in [-0.2, -0.15) is 4.98 Å². The number of nitrogens with zero attached hydrogens (tertiary/aromatic N) is 5. The van der Waals surface area contributed by atoms with Crippen LogP contribution in [-0.4, -0.2) is 51.7 Å². The van der Waals surface area contributed by atoms with Gasteiger partial charge in [0, 0.05) is 61.8 Å². The van der Waals surface area contributed by atoms with E-state index in [-0.39, 0.29) is 41.0 Å². The van der Waals surface area contributed by atoms with Crippen molar-refractivity contribution in [1.82, 2.24) is 19.5 Å². The third-order valence-corrected chi connectivity index (χ3v) is 6.11. The Morgan fingerprint density at radius 1 is 1.19 bits per heavy atom. The molecule has 11 nitrogen and oxygen atoms in total. The van der Waals surface area contributed by atoms with Gasteiger partial charge >= 0.3 is 6.01 Å². The first kappa shape index (κ1) is 24.1. The molecular weight excluding hydrogens is 481 g/mol. The van der Waals surface area contributed by atoms with Gasteiger partial charge in [0.2, 0.25) is 0 Å². The summed E-state index contributed by atoms with van der Waals surface area (Å²) in [5, 5.41) is 2.56. The zero-order valence-electron chi connectivity index (χ0n) is 20.0. The second kappa shape index (κ2) is 10.2. The van der Waals surface area contributed by atoms with Gasteiger partial charge in [-0.1, -0.05) is 6.07 Å². The molecule has 3 N–H and O–H groups in total. The van der Waals surface area contributed by atoms with Crippen LogP contribution in [0.1, 0.15) is 21.8 Å². The lowest BCUT2D eigenvalue weighted by Crippen LogP contribution is -2.37. The highest BCUT2D eigenvalue weighted by Gasteiger charge is 2.24. The Labute approximate surface area is 210 Å². The van der Waals surface area contributed by atoms with Crippen LogP contribution in [0, 0.1) is 5.82 Å². The average molecular weight is 506 g/mol. The maximum Gasteiger partial charge on any atom is 0.302 e. The molecule has 0 atom stereocenters. The molecule has 190 valence electrons. The summed E-state index contributed by atoms with van der Waals surface area (Å²) in [5.41, 5.74) is 7.80. The molecule has 0 unspecified atom stereocenters. The van der Waals surface area contributed by atoms with Gasteiger partial charge in [-0.25, -0.2) is 9.37 Å². The fraction of sp³-hybridized carbons (Fsp3) is 0.240. The predicted octanol–water partition coefficient (Wildman–Crippen LogP) is 2.23. The van der Waals surface area contributed by atoms with E-state index in [4.69, 9.17) is 14.9 Å². The van der Waals surface area contributed by atoms with Crippen LogP contribution >= 0.6 is 0 Å². The minimum absolute atomic E-state index is 0.0188. The van der Waals surface area contributed by atoms with Crippen LogP contribution in [0.2, 0.25) is 0 Å². The number of halogens is 1. The molecule has 4 aromatic rings. The van der Waals surface area contributed by atoms with E-state index in [1.807, 2.05) is 6.07 Å². The van der Waals surface area contributed by atoms with Gasteiger partial charge in [0.25, 0.3) is 11.5 Å². The topological polar surface area (TPSA) is 141 Å². The number of hydrogen-bond acceptors (Lipinski definition) is 9. The molecule has 3 aromatic heterocycles. The largest absolute Gasteiger partial charge is 0.427 e. The Morgan fingerprint density at radius 2 is 2.00 bits per heavy atom. The van der Waals surface area contributed by atoms with Crippen molar-refractivity contribution < 1.29 is 18.3 Å². The van der Waals surface area contributed by atoms with Gasteiger partial charge in [0.05, 0.1) is 19.4 Å². The van der Waals surface area contributed by atoms with Crippen LogP contribution in [0.4, 0.5) is 21.9 Å². The molecule has 1 aliphatic rings. The maximum absolute atomic E-state index is 15.2. The van der Waals surface area contributed by atoms with Gasteiger partial charge in [-0.05, 0) is 18.2 Å². The second-order valence-electron chi connectivity index (χ2n) is 8.38. The van der Waals surface area contributed by atoms with E-state index >= 15 is 4.39 Å². The van der Waals surface area contributed by atoms with Gasteiger partial charge in [-0.3, -0.25) is 24.5 Å². The van der Waals surface area contributed by atoms with Crippen molar-refractivity contribution in [2.75, 3.05) is 42.3 Å². The quantitative estimate of drug-likeness (QED) is 0.403. The van der Waals surface area contributed by atoms with Crippen molar-refractivity contribution in [2.45, 2.75) is 6.42 Å². The Balaban J connectivity index is 1.57. The van der Waals surface area contributed by atoms with E-state index in [0.29, 0.717) is 43.1 Å². The highest BCUT2D eigenvalue weighted by Crippen LogP contribution is 2.34. The molecule has 4 heterocycles. The zero-order valence-corrected chi connectivity index (χ0v) is 20.0. The molecule has 0 saturated carbocycles. The van der Waals surface area contributed by atoms with Crippen molar-refractivity contribution in [3.8, 4) is 11.3 Å². The summed E-state index contributed by atoms with van der Waals surface area (Å²) in [6.45, 7) is 2.31. The van der Waals surface area contributed by atoms with Crippen LogP contribution in [0.3, 0.4) is 0 Å². The normalized spacial score (nSPS) is 13.5. The summed E-state index contributed by atoms with van der Waals surface area (Å²) in [5.74, 6) is -0.583. The SMILES string of the molecule is Cn1c(N)c(-c2nc(NC(=O)c3cnccn3)oc2Cc2c(F)cccc2N2CCOCC2)ccc1=O. The number of rotatable bonds is 6. The number of pyridine rings is 1. The van der Waals surface area contributed by atoms with Crippen LogP contribution < -0.4 is 21.5 Å². The molecule has 0 spiro atoms. The Bertz CT molecular complexity index is 1500. The third kappa shape index (κ3) is 4.91. The van der Waals surface area contributed by atoms with E-state index in [9.17, 15) is 9.59 Å². The van der Waals surface area contributed by atoms with E-state index in [1.165, 1.54) is 48.4 Å². The lowest BCUT2D eigenvalue weighted by molar-refractivity contribution is 0.101. The number of morpholine rings is 1. The van der Waals surface area contributed by atoms with Crippen LogP contribution in [0.25, 0.3) is 11.3 Å². The Morgan fingerprint density at radius 3 is 2.76 bits per heavy atom. The van der Waals surface area contributed by atoms with E-state index in [1.54, 1.807) is 6.07 Å². The first-order chi connectivity index (χ1) is 17.9. The van der Waals surface area contributed by atoms with Crippen molar-refractivity contribution in [2.24, 2.45) is 7.05 Å². The summed E-state index contributed by atoms with van der Waals surface area (Å²) in [7, 11) is 1.53. The molecule has 1 aliphatic heterocycles. The van der Waals surface area contributed by atoms with Crippen LogP contribution in [-0.2, 0) is 18.2 Å². The molecule has 1 saturated heterocycles. The van der Waals surface area contributed by atoms with Crippen LogP contribution in [0.15, 0.2) is 58.1 Å². The molecule has 12 heteroatoms. The second-order valence-corrected chi connectivity index (χ2v) is 8.38. The maximum atomic E-state index is 15.2. The molecule has 1 fully saturated rings. The molecule has 37 heavy (non-hydrogen) atoms. The van der Waals surface area contributed by atoms with E-state index in [2.05, 4.69) is 25.2 Å². The van der Waals surface area contributed by atoms with E-state index < -0.39 is 11.7 Å². The minimum atomic E-state index is -0.583. The molecule has 5 rings (SSSR count). The highest BCUT2D eigenvalue weighted by atomic mass is 19.1. The molecule has 0 bridgehead atoms. The number of amides is 1. The fourth-order valence-electron chi connectivity index (χ4n) is 4.15. The van der Waals surface area contributed by atoms with Crippen LogP contribution in [0.5, 0.6) is 0 Å². The van der Waals surface area contributed by atoms with Crippen molar-refractivity contribution in [1.29, 1.82) is 0 Å². The van der Waals surface area contributed by atoms with E-state index in [0.717, 1.165) is 0 Å². The summed E-state index contributed by atoms with van der Waals surface area (Å²) < 4.78 is 27.8. The number of benzene rings is 1. The molecular formula is C25H24FN7O4. The fourth-order valence-corrected chi connectivity index (χ4v) is 4.15. The summed E-state index contributed by atoms with van der Waals surface area (Å²) in [6.07, 6.45) is 4.16. The van der Waals surface area contributed by atoms with Gasteiger partial charge in [0.1, 0.15) is 28.8 Å². The number of nitrogen functional groups attached to an aromatic ring is 1. The molecule has 1 aromatic carbocycles. The predicted molar refractivity (Wildman–Crippen MR) is 134 cm³/mol. The molecule has 1 amide bonds. The smallest absolute Gasteiger partial charge is 0.302 e. The van der Waals surface area contributed by atoms with Gasteiger partial charge < -0.3 is 19.8 Å². The summed E-state index contributed by atoms with van der Waals surface area (Å²) >= 11 is 0. The molecule has 0 radical (unpaired) electrons. The number of nitrogens with two attached hydrogens (primary N) is 1. The number of hydrogen-bond donors (Lipinski definition) is 2. The standard InChI is InChI=1S/C25H24FN7O4/c1-32-21(34)6-5-15(23(32)27)22-20(37-25(30-22)31-24(35)18-14-28-7-8-29-18)13-16-17(26)3-2-4-19(16)33-9-11-36-12-10-33/h2-8,14H,9-13,27H2,1H3,(H,30,31,35). The number of carbonyl (C=O) groups is 1. The zero-order chi connectivity index (χ0) is 25.9.